The number of hydrogen-bond acceptors (Lipinski definition) is 4. The standard InChI is InChI=1S/C15H12BrN3O2/c16-11-5-10(6-12(17)7-11)15(20)21-9-13-8-19-4-2-1-3-14(19)18-13/h1-8H,9,17H2. The van der Waals surface area contributed by atoms with Crippen molar-refractivity contribution >= 4 is 33.2 Å². The third kappa shape index (κ3) is 3.05. The molecule has 5 nitrogen and oxygen atoms in total. The number of fused-ring (bicyclic) bond motifs is 1. The van der Waals surface area contributed by atoms with Crippen molar-refractivity contribution in [2.75, 3.05) is 5.73 Å². The predicted octanol–water partition coefficient (Wildman–Crippen LogP) is 3.04. The largest absolute Gasteiger partial charge is 0.456 e. The molecule has 106 valence electrons. The number of ether oxygens (including phenoxy) is 1. The van der Waals surface area contributed by atoms with E-state index in [9.17, 15) is 4.79 Å². The summed E-state index contributed by atoms with van der Waals surface area (Å²) in [6, 6.07) is 10.7. The number of carbonyl (C=O) groups is 1. The molecule has 0 aliphatic rings. The van der Waals surface area contributed by atoms with E-state index in [2.05, 4.69) is 20.9 Å². The van der Waals surface area contributed by atoms with Gasteiger partial charge in [0.15, 0.2) is 0 Å². The molecule has 0 atom stereocenters. The number of hydrogen-bond donors (Lipinski definition) is 1. The van der Waals surface area contributed by atoms with E-state index in [0.717, 1.165) is 10.1 Å². The van der Waals surface area contributed by atoms with Crippen molar-refractivity contribution in [1.29, 1.82) is 0 Å². The number of imidazole rings is 1. The number of benzene rings is 1. The SMILES string of the molecule is Nc1cc(Br)cc(C(=O)OCc2cn3ccccc3n2)c1. The molecule has 0 unspecified atom stereocenters. The number of anilines is 1. The molecular formula is C15H12BrN3O2. The zero-order valence-electron chi connectivity index (χ0n) is 11.0. The van der Waals surface area contributed by atoms with E-state index < -0.39 is 5.97 Å². The van der Waals surface area contributed by atoms with E-state index >= 15 is 0 Å². The van der Waals surface area contributed by atoms with Crippen LogP contribution in [0.2, 0.25) is 0 Å². The molecule has 2 N–H and O–H groups in total. The van der Waals surface area contributed by atoms with Crippen molar-refractivity contribution in [3.8, 4) is 0 Å². The van der Waals surface area contributed by atoms with Gasteiger partial charge in [-0.15, -0.1) is 0 Å². The third-order valence-corrected chi connectivity index (χ3v) is 3.38. The quantitative estimate of drug-likeness (QED) is 0.585. The Morgan fingerprint density at radius 1 is 1.33 bits per heavy atom. The third-order valence-electron chi connectivity index (χ3n) is 2.92. The van der Waals surface area contributed by atoms with Gasteiger partial charge in [-0.25, -0.2) is 9.78 Å². The maximum absolute atomic E-state index is 12.0. The highest BCUT2D eigenvalue weighted by Gasteiger charge is 2.10. The van der Waals surface area contributed by atoms with E-state index in [1.807, 2.05) is 35.0 Å². The molecule has 0 bridgehead atoms. The van der Waals surface area contributed by atoms with Gasteiger partial charge in [0.25, 0.3) is 0 Å². The molecule has 21 heavy (non-hydrogen) atoms. The average Bonchev–Trinajstić information content (AvgIpc) is 2.86. The van der Waals surface area contributed by atoms with E-state index in [1.54, 1.807) is 18.2 Å². The second-order valence-electron chi connectivity index (χ2n) is 4.55. The van der Waals surface area contributed by atoms with Gasteiger partial charge in [0, 0.05) is 22.6 Å². The monoisotopic (exact) mass is 345 g/mol. The Bertz CT molecular complexity index is 760. The van der Waals surface area contributed by atoms with Crippen LogP contribution in [0.4, 0.5) is 5.69 Å². The molecule has 0 fully saturated rings. The van der Waals surface area contributed by atoms with Crippen molar-refractivity contribution in [3.63, 3.8) is 0 Å². The minimum Gasteiger partial charge on any atom is -0.456 e. The van der Waals surface area contributed by atoms with Crippen molar-refractivity contribution in [2.24, 2.45) is 0 Å². The number of nitrogen functional groups attached to an aromatic ring is 1. The Hall–Kier alpha value is -2.34. The van der Waals surface area contributed by atoms with Gasteiger partial charge >= 0.3 is 5.97 Å². The number of pyridine rings is 1. The zero-order valence-corrected chi connectivity index (χ0v) is 12.6. The second-order valence-corrected chi connectivity index (χ2v) is 5.46. The molecule has 1 aromatic carbocycles. The highest BCUT2D eigenvalue weighted by atomic mass is 79.9. The molecule has 0 aliphatic heterocycles. The lowest BCUT2D eigenvalue weighted by atomic mass is 10.2. The van der Waals surface area contributed by atoms with Gasteiger partial charge in [0.1, 0.15) is 12.3 Å². The van der Waals surface area contributed by atoms with E-state index in [1.165, 1.54) is 0 Å². The Kier molecular flexibility index (Phi) is 3.62. The molecule has 2 aromatic heterocycles. The van der Waals surface area contributed by atoms with E-state index in [0.29, 0.717) is 16.9 Å². The van der Waals surface area contributed by atoms with Crippen LogP contribution in [0.15, 0.2) is 53.3 Å². The van der Waals surface area contributed by atoms with Crippen LogP contribution in [0.1, 0.15) is 16.1 Å². The van der Waals surface area contributed by atoms with Crippen molar-refractivity contribution < 1.29 is 9.53 Å². The summed E-state index contributed by atoms with van der Waals surface area (Å²) in [6.45, 7) is 0.118. The molecular weight excluding hydrogens is 334 g/mol. The summed E-state index contributed by atoms with van der Waals surface area (Å²) in [6.07, 6.45) is 3.72. The molecule has 2 heterocycles. The highest BCUT2D eigenvalue weighted by molar-refractivity contribution is 9.10. The summed E-state index contributed by atoms with van der Waals surface area (Å²) >= 11 is 3.30. The fraction of sp³-hybridized carbons (Fsp3) is 0.0667. The van der Waals surface area contributed by atoms with Crippen LogP contribution in [0.5, 0.6) is 0 Å². The molecule has 0 aliphatic carbocycles. The summed E-state index contributed by atoms with van der Waals surface area (Å²) in [4.78, 5) is 16.4. The van der Waals surface area contributed by atoms with Gasteiger partial charge in [-0.3, -0.25) is 0 Å². The fourth-order valence-corrected chi connectivity index (χ4v) is 2.52. The van der Waals surface area contributed by atoms with Crippen molar-refractivity contribution in [1.82, 2.24) is 9.38 Å². The first kappa shape index (κ1) is 13.6. The Morgan fingerprint density at radius 3 is 2.95 bits per heavy atom. The number of nitrogens with two attached hydrogens (primary N) is 1. The van der Waals surface area contributed by atoms with Crippen LogP contribution in [0.25, 0.3) is 5.65 Å². The second kappa shape index (κ2) is 5.57. The van der Waals surface area contributed by atoms with Crippen LogP contribution in [-0.4, -0.2) is 15.4 Å². The van der Waals surface area contributed by atoms with Gasteiger partial charge in [0.05, 0.1) is 11.3 Å². The minimum atomic E-state index is -0.431. The van der Waals surface area contributed by atoms with Crippen LogP contribution in [-0.2, 0) is 11.3 Å². The zero-order chi connectivity index (χ0) is 14.8. The molecule has 0 saturated carbocycles. The molecule has 0 spiro atoms. The molecule has 0 radical (unpaired) electrons. The maximum atomic E-state index is 12.0. The summed E-state index contributed by atoms with van der Waals surface area (Å²) in [5.74, 6) is -0.431. The molecule has 0 saturated heterocycles. The van der Waals surface area contributed by atoms with Gasteiger partial charge < -0.3 is 14.9 Å². The number of rotatable bonds is 3. The maximum Gasteiger partial charge on any atom is 0.338 e. The number of halogens is 1. The first-order valence-corrected chi connectivity index (χ1v) is 7.07. The smallest absolute Gasteiger partial charge is 0.338 e. The van der Waals surface area contributed by atoms with E-state index in [4.69, 9.17) is 10.5 Å². The Balaban J connectivity index is 1.73. The highest BCUT2D eigenvalue weighted by Crippen LogP contribution is 2.18. The molecule has 3 rings (SSSR count). The van der Waals surface area contributed by atoms with Crippen LogP contribution in [0, 0.1) is 0 Å². The van der Waals surface area contributed by atoms with Gasteiger partial charge in [-0.05, 0) is 30.3 Å². The number of nitrogens with zero attached hydrogens (tertiary/aromatic N) is 2. The lowest BCUT2D eigenvalue weighted by Gasteiger charge is -2.04. The summed E-state index contributed by atoms with van der Waals surface area (Å²) < 4.78 is 7.88. The minimum absolute atomic E-state index is 0.118. The van der Waals surface area contributed by atoms with Crippen molar-refractivity contribution in [3.05, 3.63) is 64.5 Å². The van der Waals surface area contributed by atoms with Crippen LogP contribution >= 0.6 is 15.9 Å². The van der Waals surface area contributed by atoms with E-state index in [-0.39, 0.29) is 6.61 Å². The molecule has 3 aromatic rings. The summed E-state index contributed by atoms with van der Waals surface area (Å²) in [5, 5.41) is 0. The van der Waals surface area contributed by atoms with Crippen LogP contribution < -0.4 is 5.73 Å². The predicted molar refractivity (Wildman–Crippen MR) is 82.9 cm³/mol. The number of esters is 1. The van der Waals surface area contributed by atoms with Gasteiger partial charge in [-0.1, -0.05) is 22.0 Å². The van der Waals surface area contributed by atoms with Gasteiger partial charge in [0.2, 0.25) is 0 Å². The normalized spacial score (nSPS) is 10.7. The lowest BCUT2D eigenvalue weighted by molar-refractivity contribution is 0.0468. The first-order chi connectivity index (χ1) is 10.1. The number of carbonyl (C=O) groups excluding carboxylic acids is 1. The number of aromatic nitrogens is 2. The van der Waals surface area contributed by atoms with Crippen LogP contribution in [0.3, 0.4) is 0 Å². The topological polar surface area (TPSA) is 69.6 Å². The van der Waals surface area contributed by atoms with Crippen molar-refractivity contribution in [2.45, 2.75) is 6.61 Å². The lowest BCUT2D eigenvalue weighted by Crippen LogP contribution is -2.06. The summed E-state index contributed by atoms with van der Waals surface area (Å²) in [5.41, 5.74) is 8.12. The fourth-order valence-electron chi connectivity index (χ4n) is 2.01. The Labute approximate surface area is 129 Å². The summed E-state index contributed by atoms with van der Waals surface area (Å²) in [7, 11) is 0. The van der Waals surface area contributed by atoms with Gasteiger partial charge in [-0.2, -0.15) is 0 Å². The Morgan fingerprint density at radius 2 is 2.19 bits per heavy atom. The first-order valence-electron chi connectivity index (χ1n) is 6.27. The molecule has 0 amide bonds. The average molecular weight is 346 g/mol. The molecule has 6 heteroatoms.